The first-order valence-corrected chi connectivity index (χ1v) is 13.4. The van der Waals surface area contributed by atoms with Gasteiger partial charge in [0, 0.05) is 55.6 Å². The topological polar surface area (TPSA) is 88.5 Å². The Hall–Kier alpha value is -2.58. The number of likely N-dealkylation sites (N-methyl/N-ethyl adjacent to an activating group) is 1. The second-order valence-electron chi connectivity index (χ2n) is 11.7. The summed E-state index contributed by atoms with van der Waals surface area (Å²) >= 11 is 0. The summed E-state index contributed by atoms with van der Waals surface area (Å²) in [5.41, 5.74) is -0.606. The van der Waals surface area contributed by atoms with E-state index in [0.29, 0.717) is 6.42 Å². The standard InChI is InChI=1S/C29H40N2O6/c1-7-27-11-8-13-31-14-12-28(24(27)31)21-10-9-20(35-6)16-22(21)30(5)25(28)29(34,26(27)37-19(4)32)17-36-23(33)15-18(2)3/h8-11,16,18,24-26,34H,7,12-15,17H2,1-6H3/t24-,25+,26+,27+,28+,29-/m0/s1. The van der Waals surface area contributed by atoms with Crippen molar-refractivity contribution < 1.29 is 28.9 Å². The number of carbonyl (C=O) groups is 2. The number of rotatable bonds is 7. The summed E-state index contributed by atoms with van der Waals surface area (Å²) in [5, 5.41) is 12.9. The van der Waals surface area contributed by atoms with Gasteiger partial charge in [-0.2, -0.15) is 0 Å². The van der Waals surface area contributed by atoms with Gasteiger partial charge in [0.1, 0.15) is 18.5 Å². The van der Waals surface area contributed by atoms with Crippen LogP contribution in [0.1, 0.15) is 52.5 Å². The molecule has 1 spiro atoms. The van der Waals surface area contributed by atoms with Gasteiger partial charge in [-0.25, -0.2) is 0 Å². The summed E-state index contributed by atoms with van der Waals surface area (Å²) in [5.74, 6) is 0.0506. The van der Waals surface area contributed by atoms with Crippen molar-refractivity contribution in [1.29, 1.82) is 0 Å². The Kier molecular flexibility index (Phi) is 6.35. The molecule has 3 heterocycles. The van der Waals surface area contributed by atoms with Crippen molar-refractivity contribution in [3.63, 3.8) is 0 Å². The SMILES string of the molecule is CC[C@]12C=CCN3CC[C@@]4(c5ccc(OC)cc5N(C)[C@H]4[C@@](O)(COC(=O)CC(C)C)[C@@H]1OC(C)=O)[C@@H]32. The van der Waals surface area contributed by atoms with Crippen LogP contribution in [0, 0.1) is 11.3 Å². The van der Waals surface area contributed by atoms with Gasteiger partial charge in [-0.15, -0.1) is 0 Å². The Morgan fingerprint density at radius 2 is 2.00 bits per heavy atom. The highest BCUT2D eigenvalue weighted by Gasteiger charge is 2.78. The molecule has 0 aromatic heterocycles. The number of hydrogen-bond donors (Lipinski definition) is 1. The molecule has 5 rings (SSSR count). The van der Waals surface area contributed by atoms with Crippen LogP contribution < -0.4 is 9.64 Å². The zero-order valence-electron chi connectivity index (χ0n) is 22.8. The number of fused-ring (bicyclic) bond motifs is 1. The summed E-state index contributed by atoms with van der Waals surface area (Å²) in [7, 11) is 3.62. The van der Waals surface area contributed by atoms with Gasteiger partial charge < -0.3 is 24.2 Å². The predicted molar refractivity (Wildman–Crippen MR) is 140 cm³/mol. The van der Waals surface area contributed by atoms with E-state index in [4.69, 9.17) is 14.2 Å². The van der Waals surface area contributed by atoms with E-state index in [1.54, 1.807) is 7.11 Å². The van der Waals surface area contributed by atoms with Crippen LogP contribution in [0.25, 0.3) is 0 Å². The largest absolute Gasteiger partial charge is 0.497 e. The van der Waals surface area contributed by atoms with Crippen molar-refractivity contribution >= 4 is 17.6 Å². The van der Waals surface area contributed by atoms with Crippen LogP contribution in [-0.4, -0.2) is 79.6 Å². The van der Waals surface area contributed by atoms with Crippen molar-refractivity contribution in [2.24, 2.45) is 11.3 Å². The molecule has 0 bridgehead atoms. The summed E-state index contributed by atoms with van der Waals surface area (Å²) in [6, 6.07) is 5.67. The smallest absolute Gasteiger partial charge is 0.306 e. The quantitative estimate of drug-likeness (QED) is 0.441. The first-order valence-electron chi connectivity index (χ1n) is 13.4. The zero-order chi connectivity index (χ0) is 26.8. The Morgan fingerprint density at radius 3 is 2.65 bits per heavy atom. The highest BCUT2D eigenvalue weighted by Crippen LogP contribution is 2.67. The minimum Gasteiger partial charge on any atom is -0.497 e. The minimum atomic E-state index is -1.65. The van der Waals surface area contributed by atoms with Crippen LogP contribution >= 0.6 is 0 Å². The molecule has 4 aliphatic rings. The van der Waals surface area contributed by atoms with Gasteiger partial charge in [-0.1, -0.05) is 39.0 Å². The molecule has 2 fully saturated rings. The summed E-state index contributed by atoms with van der Waals surface area (Å²) in [4.78, 5) is 29.9. The third-order valence-electron chi connectivity index (χ3n) is 9.26. The van der Waals surface area contributed by atoms with E-state index in [2.05, 4.69) is 34.9 Å². The molecular weight excluding hydrogens is 472 g/mol. The Morgan fingerprint density at radius 1 is 1.24 bits per heavy atom. The molecule has 6 atom stereocenters. The van der Waals surface area contributed by atoms with E-state index < -0.39 is 34.5 Å². The Bertz CT molecular complexity index is 1120. The van der Waals surface area contributed by atoms with Crippen LogP contribution in [0.5, 0.6) is 5.75 Å². The maximum atomic E-state index is 12.9. The first-order chi connectivity index (χ1) is 17.5. The Balaban J connectivity index is 1.73. The maximum Gasteiger partial charge on any atom is 0.306 e. The van der Waals surface area contributed by atoms with Gasteiger partial charge in [0.15, 0.2) is 5.60 Å². The maximum absolute atomic E-state index is 12.9. The molecule has 3 aliphatic heterocycles. The van der Waals surface area contributed by atoms with Crippen LogP contribution in [0.4, 0.5) is 5.69 Å². The fraction of sp³-hybridized carbons (Fsp3) is 0.655. The molecule has 8 heteroatoms. The first kappa shape index (κ1) is 26.0. The molecule has 202 valence electrons. The van der Waals surface area contributed by atoms with Crippen LogP contribution in [0.2, 0.25) is 0 Å². The van der Waals surface area contributed by atoms with Crippen molar-refractivity contribution in [2.45, 2.75) is 76.2 Å². The molecule has 1 aromatic carbocycles. The highest BCUT2D eigenvalue weighted by atomic mass is 16.6. The summed E-state index contributed by atoms with van der Waals surface area (Å²) < 4.78 is 17.5. The highest BCUT2D eigenvalue weighted by molar-refractivity contribution is 5.72. The lowest BCUT2D eigenvalue weighted by Crippen LogP contribution is -2.80. The van der Waals surface area contributed by atoms with E-state index >= 15 is 0 Å². The third kappa shape index (κ3) is 3.55. The molecule has 1 N–H and O–H groups in total. The second-order valence-corrected chi connectivity index (χ2v) is 11.7. The van der Waals surface area contributed by atoms with Gasteiger partial charge >= 0.3 is 11.9 Å². The zero-order valence-corrected chi connectivity index (χ0v) is 22.8. The molecule has 37 heavy (non-hydrogen) atoms. The number of ether oxygens (including phenoxy) is 3. The molecule has 0 amide bonds. The number of methoxy groups -OCH3 is 1. The van der Waals surface area contributed by atoms with E-state index in [1.165, 1.54) is 6.92 Å². The molecule has 1 saturated heterocycles. The van der Waals surface area contributed by atoms with Gasteiger partial charge in [0.2, 0.25) is 0 Å². The molecule has 1 aromatic rings. The second kappa shape index (κ2) is 9.02. The van der Waals surface area contributed by atoms with Crippen LogP contribution in [-0.2, 0) is 24.5 Å². The average Bonchev–Trinajstić information content (AvgIpc) is 3.37. The van der Waals surface area contributed by atoms with Gasteiger partial charge in [0.25, 0.3) is 0 Å². The third-order valence-corrected chi connectivity index (χ3v) is 9.26. The van der Waals surface area contributed by atoms with Gasteiger partial charge in [0.05, 0.1) is 13.2 Å². The molecule has 1 aliphatic carbocycles. The summed E-state index contributed by atoms with van der Waals surface area (Å²) in [6.07, 6.45) is 5.15. The average molecular weight is 513 g/mol. The van der Waals surface area contributed by atoms with E-state index in [-0.39, 0.29) is 31.0 Å². The monoisotopic (exact) mass is 512 g/mol. The van der Waals surface area contributed by atoms with Gasteiger partial charge in [-0.05, 0) is 36.9 Å². The van der Waals surface area contributed by atoms with Crippen LogP contribution in [0.15, 0.2) is 30.4 Å². The molecule has 0 radical (unpaired) electrons. The lowest BCUT2D eigenvalue weighted by atomic mass is 9.48. The molecular formula is C29H40N2O6. The number of benzene rings is 1. The fourth-order valence-corrected chi connectivity index (χ4v) is 8.20. The van der Waals surface area contributed by atoms with E-state index in [1.807, 2.05) is 33.0 Å². The molecule has 0 unspecified atom stereocenters. The minimum absolute atomic E-state index is 0.00749. The van der Waals surface area contributed by atoms with Crippen molar-refractivity contribution in [3.8, 4) is 5.75 Å². The van der Waals surface area contributed by atoms with E-state index in [9.17, 15) is 14.7 Å². The molecule has 8 nitrogen and oxygen atoms in total. The number of nitrogens with zero attached hydrogens (tertiary/aromatic N) is 2. The lowest BCUT2D eigenvalue weighted by Gasteiger charge is -2.64. The predicted octanol–water partition coefficient (Wildman–Crippen LogP) is 3.06. The lowest BCUT2D eigenvalue weighted by molar-refractivity contribution is -0.232. The Labute approximate surface area is 219 Å². The number of carbonyl (C=O) groups excluding carboxylic acids is 2. The number of esters is 2. The van der Waals surface area contributed by atoms with Crippen molar-refractivity contribution in [1.82, 2.24) is 4.90 Å². The summed E-state index contributed by atoms with van der Waals surface area (Å²) in [6.45, 7) is 8.81. The molecule has 1 saturated carbocycles. The van der Waals surface area contributed by atoms with Crippen molar-refractivity contribution in [2.75, 3.05) is 38.8 Å². The van der Waals surface area contributed by atoms with Crippen LogP contribution in [0.3, 0.4) is 0 Å². The normalized spacial score (nSPS) is 35.7. The fourth-order valence-electron chi connectivity index (χ4n) is 8.20. The number of anilines is 1. The van der Waals surface area contributed by atoms with Gasteiger partial charge in [-0.3, -0.25) is 14.5 Å². The van der Waals surface area contributed by atoms with Crippen molar-refractivity contribution in [3.05, 3.63) is 35.9 Å². The number of aliphatic hydroxyl groups is 1. The number of hydrogen-bond acceptors (Lipinski definition) is 8. The van der Waals surface area contributed by atoms with E-state index in [0.717, 1.165) is 36.5 Å².